The maximum atomic E-state index is 12.1. The molecule has 2 rings (SSSR count). The maximum absolute atomic E-state index is 12.1. The number of nitrogens with one attached hydrogen (secondary N) is 1. The Labute approximate surface area is 125 Å². The van der Waals surface area contributed by atoms with Gasteiger partial charge >= 0.3 is 0 Å². The first-order chi connectivity index (χ1) is 10.0. The van der Waals surface area contributed by atoms with Gasteiger partial charge in [-0.15, -0.1) is 0 Å². The number of benzene rings is 1. The van der Waals surface area contributed by atoms with Crippen LogP contribution in [0.5, 0.6) is 0 Å². The molecule has 0 saturated heterocycles. The molecular formula is C15H19N3O2S. The Kier molecular flexibility index (Phi) is 5.06. The van der Waals surface area contributed by atoms with Crippen LogP contribution in [0, 0.1) is 6.92 Å². The molecule has 3 N–H and O–H groups in total. The predicted octanol–water partition coefficient (Wildman–Crippen LogP) is 1.37. The topological polar surface area (TPSA) is 85.1 Å². The number of sulfonamides is 1. The van der Waals surface area contributed by atoms with Crippen LogP contribution in [0.2, 0.25) is 0 Å². The quantitative estimate of drug-likeness (QED) is 0.844. The van der Waals surface area contributed by atoms with Crippen LogP contribution in [0.1, 0.15) is 16.8 Å². The molecule has 0 radical (unpaired) electrons. The van der Waals surface area contributed by atoms with Gasteiger partial charge in [0.05, 0.1) is 5.69 Å². The molecule has 2 aromatic rings. The summed E-state index contributed by atoms with van der Waals surface area (Å²) >= 11 is 0. The van der Waals surface area contributed by atoms with Crippen LogP contribution < -0.4 is 10.5 Å². The molecule has 0 amide bonds. The van der Waals surface area contributed by atoms with Gasteiger partial charge in [-0.05, 0) is 31.0 Å². The maximum Gasteiger partial charge on any atom is 0.242 e. The SMILES string of the molecule is Cc1cccc(CCNS(=O)(=O)c2ccc(CN)nc2)c1. The highest BCUT2D eigenvalue weighted by atomic mass is 32.2. The van der Waals surface area contributed by atoms with Crippen molar-refractivity contribution in [3.8, 4) is 0 Å². The van der Waals surface area contributed by atoms with Crippen molar-refractivity contribution in [3.05, 3.63) is 59.4 Å². The van der Waals surface area contributed by atoms with Gasteiger partial charge in [-0.25, -0.2) is 13.1 Å². The first-order valence-corrected chi connectivity index (χ1v) is 8.20. The minimum atomic E-state index is -3.52. The summed E-state index contributed by atoms with van der Waals surface area (Å²) in [5, 5.41) is 0. The van der Waals surface area contributed by atoms with Crippen molar-refractivity contribution in [1.29, 1.82) is 0 Å². The minimum Gasteiger partial charge on any atom is -0.325 e. The molecule has 0 bridgehead atoms. The smallest absolute Gasteiger partial charge is 0.242 e. The average molecular weight is 305 g/mol. The van der Waals surface area contributed by atoms with Gasteiger partial charge in [-0.2, -0.15) is 0 Å². The second kappa shape index (κ2) is 6.80. The lowest BCUT2D eigenvalue weighted by Gasteiger charge is -2.07. The van der Waals surface area contributed by atoms with Crippen molar-refractivity contribution in [2.24, 2.45) is 5.73 Å². The van der Waals surface area contributed by atoms with E-state index in [0.717, 1.165) is 11.1 Å². The molecule has 1 aromatic heterocycles. The summed E-state index contributed by atoms with van der Waals surface area (Å²) in [5.74, 6) is 0. The van der Waals surface area contributed by atoms with Crippen molar-refractivity contribution in [2.45, 2.75) is 24.8 Å². The van der Waals surface area contributed by atoms with E-state index in [9.17, 15) is 8.42 Å². The van der Waals surface area contributed by atoms with Gasteiger partial charge in [0.1, 0.15) is 4.90 Å². The molecule has 0 aliphatic heterocycles. The summed E-state index contributed by atoms with van der Waals surface area (Å²) in [6.45, 7) is 2.66. The summed E-state index contributed by atoms with van der Waals surface area (Å²) < 4.78 is 26.8. The van der Waals surface area contributed by atoms with E-state index < -0.39 is 10.0 Å². The summed E-state index contributed by atoms with van der Waals surface area (Å²) in [5.41, 5.74) is 8.37. The molecular weight excluding hydrogens is 286 g/mol. The summed E-state index contributed by atoms with van der Waals surface area (Å²) in [6, 6.07) is 11.1. The number of pyridine rings is 1. The van der Waals surface area contributed by atoms with Gasteiger partial charge in [-0.3, -0.25) is 4.98 Å². The molecule has 5 nitrogen and oxygen atoms in total. The Hall–Kier alpha value is -1.76. The summed E-state index contributed by atoms with van der Waals surface area (Å²) in [6.07, 6.45) is 1.98. The third kappa shape index (κ3) is 4.35. The van der Waals surface area contributed by atoms with Crippen LogP contribution in [-0.4, -0.2) is 19.9 Å². The summed E-state index contributed by atoms with van der Waals surface area (Å²) in [7, 11) is -3.52. The van der Waals surface area contributed by atoms with Crippen LogP contribution in [0.4, 0.5) is 0 Å². The van der Waals surface area contributed by atoms with Gasteiger partial charge in [0, 0.05) is 19.3 Å². The highest BCUT2D eigenvalue weighted by Gasteiger charge is 2.13. The van der Waals surface area contributed by atoms with Crippen LogP contribution in [0.3, 0.4) is 0 Å². The standard InChI is InChI=1S/C15H19N3O2S/c1-12-3-2-4-13(9-12)7-8-18-21(19,20)15-6-5-14(10-16)17-11-15/h2-6,9,11,18H,7-8,10,16H2,1H3. The van der Waals surface area contributed by atoms with Crippen LogP contribution in [0.25, 0.3) is 0 Å². The molecule has 1 aromatic carbocycles. The molecule has 0 fully saturated rings. The van der Waals surface area contributed by atoms with E-state index >= 15 is 0 Å². The first kappa shape index (κ1) is 15.6. The number of hydrogen-bond donors (Lipinski definition) is 2. The highest BCUT2D eigenvalue weighted by Crippen LogP contribution is 2.08. The Balaban J connectivity index is 1.97. The molecule has 1 heterocycles. The van der Waals surface area contributed by atoms with E-state index in [4.69, 9.17) is 5.73 Å². The van der Waals surface area contributed by atoms with Gasteiger partial charge < -0.3 is 5.73 Å². The molecule has 112 valence electrons. The highest BCUT2D eigenvalue weighted by molar-refractivity contribution is 7.89. The lowest BCUT2D eigenvalue weighted by atomic mass is 10.1. The lowest BCUT2D eigenvalue weighted by Crippen LogP contribution is -2.26. The monoisotopic (exact) mass is 305 g/mol. The fourth-order valence-corrected chi connectivity index (χ4v) is 2.95. The fourth-order valence-electron chi connectivity index (χ4n) is 1.97. The van der Waals surface area contributed by atoms with E-state index in [1.165, 1.54) is 12.3 Å². The number of rotatable bonds is 6. The zero-order chi connectivity index (χ0) is 15.3. The van der Waals surface area contributed by atoms with E-state index in [1.54, 1.807) is 6.07 Å². The Morgan fingerprint density at radius 2 is 2.05 bits per heavy atom. The van der Waals surface area contributed by atoms with Gasteiger partial charge in [0.2, 0.25) is 10.0 Å². The van der Waals surface area contributed by atoms with Gasteiger partial charge in [0.15, 0.2) is 0 Å². The van der Waals surface area contributed by atoms with Gasteiger partial charge in [-0.1, -0.05) is 29.8 Å². The third-order valence-corrected chi connectivity index (χ3v) is 4.55. The van der Waals surface area contributed by atoms with Crippen LogP contribution in [-0.2, 0) is 23.0 Å². The predicted molar refractivity (Wildman–Crippen MR) is 82.2 cm³/mol. The van der Waals surface area contributed by atoms with Crippen molar-refractivity contribution < 1.29 is 8.42 Å². The molecule has 0 aliphatic rings. The second-order valence-electron chi connectivity index (χ2n) is 4.83. The van der Waals surface area contributed by atoms with Crippen molar-refractivity contribution >= 4 is 10.0 Å². The zero-order valence-corrected chi connectivity index (χ0v) is 12.7. The molecule has 0 saturated carbocycles. The normalized spacial score (nSPS) is 11.5. The lowest BCUT2D eigenvalue weighted by molar-refractivity contribution is 0.581. The van der Waals surface area contributed by atoms with Crippen LogP contribution in [0.15, 0.2) is 47.5 Å². The van der Waals surface area contributed by atoms with Crippen LogP contribution >= 0.6 is 0 Å². The molecule has 6 heteroatoms. The van der Waals surface area contributed by atoms with E-state index in [1.807, 2.05) is 31.2 Å². The average Bonchev–Trinajstić information content (AvgIpc) is 2.47. The van der Waals surface area contributed by atoms with Gasteiger partial charge in [0.25, 0.3) is 0 Å². The molecule has 0 unspecified atom stereocenters. The Morgan fingerprint density at radius 1 is 1.24 bits per heavy atom. The molecule has 21 heavy (non-hydrogen) atoms. The van der Waals surface area contributed by atoms with E-state index in [2.05, 4.69) is 9.71 Å². The second-order valence-corrected chi connectivity index (χ2v) is 6.59. The molecule has 0 atom stereocenters. The fraction of sp³-hybridized carbons (Fsp3) is 0.267. The largest absolute Gasteiger partial charge is 0.325 e. The van der Waals surface area contributed by atoms with Crippen molar-refractivity contribution in [1.82, 2.24) is 9.71 Å². The van der Waals surface area contributed by atoms with Crippen molar-refractivity contribution in [3.63, 3.8) is 0 Å². The number of aryl methyl sites for hydroxylation is 1. The van der Waals surface area contributed by atoms with Crippen molar-refractivity contribution in [2.75, 3.05) is 6.54 Å². The van der Waals surface area contributed by atoms with E-state index in [0.29, 0.717) is 25.2 Å². The Bertz CT molecular complexity index is 697. The zero-order valence-electron chi connectivity index (χ0n) is 11.9. The number of nitrogens with zero attached hydrogens (tertiary/aromatic N) is 1. The molecule has 0 spiro atoms. The molecule has 0 aliphatic carbocycles. The number of nitrogens with two attached hydrogens (primary N) is 1. The Morgan fingerprint density at radius 3 is 2.67 bits per heavy atom. The number of aromatic nitrogens is 1. The van der Waals surface area contributed by atoms with E-state index in [-0.39, 0.29) is 4.90 Å². The third-order valence-electron chi connectivity index (χ3n) is 3.11. The first-order valence-electron chi connectivity index (χ1n) is 6.71. The number of hydrogen-bond acceptors (Lipinski definition) is 4. The minimum absolute atomic E-state index is 0.156. The summed E-state index contributed by atoms with van der Waals surface area (Å²) in [4.78, 5) is 4.15.